The van der Waals surface area contributed by atoms with Crippen LogP contribution in [-0.2, 0) is 14.3 Å². The van der Waals surface area contributed by atoms with Crippen LogP contribution in [0.3, 0.4) is 0 Å². The lowest BCUT2D eigenvalue weighted by Gasteiger charge is -2.29. The van der Waals surface area contributed by atoms with Crippen molar-refractivity contribution in [2.24, 2.45) is 0 Å². The minimum atomic E-state index is -0.743. The van der Waals surface area contributed by atoms with E-state index in [1.54, 1.807) is 40.6 Å². The number of carbonyl (C=O) groups is 2. The van der Waals surface area contributed by atoms with E-state index >= 15 is 0 Å². The summed E-state index contributed by atoms with van der Waals surface area (Å²) >= 11 is 6.28. The van der Waals surface area contributed by atoms with Crippen molar-refractivity contribution in [3.63, 3.8) is 0 Å². The minimum absolute atomic E-state index is 0.0531. The van der Waals surface area contributed by atoms with Crippen LogP contribution >= 0.6 is 11.6 Å². The second kappa shape index (κ2) is 9.81. The number of pyridine rings is 1. The molecule has 0 saturated carbocycles. The molecule has 1 amide bonds. The average molecular weight is 495 g/mol. The zero-order valence-corrected chi connectivity index (χ0v) is 20.2. The highest BCUT2D eigenvalue weighted by Gasteiger charge is 2.46. The quantitative estimate of drug-likeness (QED) is 0.321. The first-order valence-electron chi connectivity index (χ1n) is 11.7. The number of morpholine rings is 1. The van der Waals surface area contributed by atoms with Crippen LogP contribution in [0.4, 0.5) is 0 Å². The van der Waals surface area contributed by atoms with Crippen molar-refractivity contribution in [3.05, 3.63) is 76.2 Å². The first-order chi connectivity index (χ1) is 17.0. The van der Waals surface area contributed by atoms with E-state index in [1.807, 2.05) is 24.3 Å². The monoisotopic (exact) mass is 494 g/mol. The predicted octanol–water partition coefficient (Wildman–Crippen LogP) is 3.44. The van der Waals surface area contributed by atoms with Gasteiger partial charge in [-0.1, -0.05) is 29.8 Å². The van der Waals surface area contributed by atoms with Gasteiger partial charge in [0, 0.05) is 37.4 Å². The summed E-state index contributed by atoms with van der Waals surface area (Å²) in [4.78, 5) is 34.9. The van der Waals surface area contributed by atoms with Gasteiger partial charge in [-0.25, -0.2) is 4.98 Å². The molecule has 0 spiro atoms. The van der Waals surface area contributed by atoms with Gasteiger partial charge in [0.15, 0.2) is 5.76 Å². The summed E-state index contributed by atoms with van der Waals surface area (Å²) in [5, 5.41) is 12.0. The third-order valence-electron chi connectivity index (χ3n) is 6.61. The maximum Gasteiger partial charge on any atom is 0.295 e. The number of rotatable bonds is 6. The van der Waals surface area contributed by atoms with Crippen LogP contribution in [0, 0.1) is 6.92 Å². The van der Waals surface area contributed by atoms with Gasteiger partial charge >= 0.3 is 0 Å². The molecule has 5 rings (SSSR count). The van der Waals surface area contributed by atoms with Crippen LogP contribution < -0.4 is 0 Å². The van der Waals surface area contributed by atoms with E-state index in [0.717, 1.165) is 19.6 Å². The smallest absolute Gasteiger partial charge is 0.295 e. The number of aliphatic hydroxyl groups excluding tert-OH is 1. The number of fused-ring (bicyclic) bond motifs is 1. The predicted molar refractivity (Wildman–Crippen MR) is 132 cm³/mol. The van der Waals surface area contributed by atoms with Crippen LogP contribution in [0.15, 0.2) is 54.2 Å². The molecule has 2 saturated heterocycles. The zero-order chi connectivity index (χ0) is 24.5. The number of hydrogen-bond donors (Lipinski definition) is 1. The molecule has 1 N–H and O–H groups in total. The summed E-state index contributed by atoms with van der Waals surface area (Å²) < 4.78 is 7.14. The molecule has 8 nitrogen and oxygen atoms in total. The number of ether oxygens (including phenoxy) is 1. The fourth-order valence-electron chi connectivity index (χ4n) is 4.95. The largest absolute Gasteiger partial charge is 0.505 e. The fourth-order valence-corrected chi connectivity index (χ4v) is 5.15. The number of ketones is 1. The lowest BCUT2D eigenvalue weighted by Crippen LogP contribution is -2.38. The van der Waals surface area contributed by atoms with E-state index in [-0.39, 0.29) is 11.3 Å². The minimum Gasteiger partial charge on any atom is -0.505 e. The Morgan fingerprint density at radius 1 is 1.14 bits per heavy atom. The fraction of sp³-hybridized carbons (Fsp3) is 0.346. The second-order valence-corrected chi connectivity index (χ2v) is 9.27. The molecule has 9 heteroatoms. The first-order valence-corrected chi connectivity index (χ1v) is 12.1. The third-order valence-corrected chi connectivity index (χ3v) is 6.85. The maximum atomic E-state index is 13.3. The molecular formula is C26H27ClN4O4. The Morgan fingerprint density at radius 2 is 1.94 bits per heavy atom. The highest BCUT2D eigenvalue weighted by molar-refractivity contribution is 6.46. The SMILES string of the molecule is Cc1nc2ccccn2c1/C(O)=C1/C(=O)C(=O)N(CCCN2CCOCC2)C1c1cccc(Cl)c1. The van der Waals surface area contributed by atoms with Crippen molar-refractivity contribution in [1.29, 1.82) is 0 Å². The molecule has 4 heterocycles. The number of nitrogens with zero attached hydrogens (tertiary/aromatic N) is 4. The summed E-state index contributed by atoms with van der Waals surface area (Å²) in [7, 11) is 0. The Kier molecular flexibility index (Phi) is 6.60. The summed E-state index contributed by atoms with van der Waals surface area (Å²) in [6.45, 7) is 6.05. The summed E-state index contributed by atoms with van der Waals surface area (Å²) in [6, 6.07) is 11.8. The molecule has 1 atom stereocenters. The van der Waals surface area contributed by atoms with Gasteiger partial charge in [0.25, 0.3) is 11.7 Å². The van der Waals surface area contributed by atoms with Crippen LogP contribution in [-0.4, -0.2) is 75.4 Å². The molecule has 1 aromatic carbocycles. The van der Waals surface area contributed by atoms with Crippen LogP contribution in [0.1, 0.15) is 29.4 Å². The Hall–Kier alpha value is -3.20. The Balaban J connectivity index is 1.55. The number of aliphatic hydroxyl groups is 1. The number of hydrogen-bond acceptors (Lipinski definition) is 6. The van der Waals surface area contributed by atoms with E-state index in [2.05, 4.69) is 9.88 Å². The van der Waals surface area contributed by atoms with Crippen molar-refractivity contribution < 1.29 is 19.4 Å². The van der Waals surface area contributed by atoms with Crippen molar-refractivity contribution in [2.45, 2.75) is 19.4 Å². The van der Waals surface area contributed by atoms with Gasteiger partial charge in [0.05, 0.1) is 30.5 Å². The molecule has 2 aromatic heterocycles. The van der Waals surface area contributed by atoms with E-state index in [0.29, 0.717) is 53.8 Å². The van der Waals surface area contributed by atoms with E-state index < -0.39 is 17.7 Å². The second-order valence-electron chi connectivity index (χ2n) is 8.83. The molecule has 3 aromatic rings. The van der Waals surface area contributed by atoms with Crippen molar-refractivity contribution >= 4 is 34.7 Å². The lowest BCUT2D eigenvalue weighted by atomic mass is 9.96. The number of aryl methyl sites for hydroxylation is 1. The van der Waals surface area contributed by atoms with E-state index in [4.69, 9.17) is 16.3 Å². The number of benzene rings is 1. The van der Waals surface area contributed by atoms with Gasteiger partial charge in [0.1, 0.15) is 11.3 Å². The standard InChI is InChI=1S/C26H27ClN4O4/c1-17-22(30-10-3-2-8-20(30)28-17)24(32)21-23(18-6-4-7-19(27)16-18)31(26(34)25(21)33)11-5-9-29-12-14-35-15-13-29/h2-4,6-8,10,16,23,32H,5,9,11-15H2,1H3/b24-21-. The van der Waals surface area contributed by atoms with Gasteiger partial charge in [-0.3, -0.25) is 18.9 Å². The molecule has 1 unspecified atom stereocenters. The van der Waals surface area contributed by atoms with Gasteiger partial charge in [-0.2, -0.15) is 0 Å². The average Bonchev–Trinajstić information content (AvgIpc) is 3.32. The lowest BCUT2D eigenvalue weighted by molar-refractivity contribution is -0.140. The van der Waals surface area contributed by atoms with E-state index in [9.17, 15) is 14.7 Å². The maximum absolute atomic E-state index is 13.3. The molecule has 2 aliphatic heterocycles. The number of halogens is 1. The van der Waals surface area contributed by atoms with Crippen LogP contribution in [0.5, 0.6) is 0 Å². The molecule has 0 bridgehead atoms. The van der Waals surface area contributed by atoms with Gasteiger partial charge in [-0.15, -0.1) is 0 Å². The number of likely N-dealkylation sites (tertiary alicyclic amines) is 1. The number of aromatic nitrogens is 2. The topological polar surface area (TPSA) is 87.4 Å². The molecule has 0 radical (unpaired) electrons. The Morgan fingerprint density at radius 3 is 2.71 bits per heavy atom. The van der Waals surface area contributed by atoms with Gasteiger partial charge in [-0.05, 0) is 43.2 Å². The first kappa shape index (κ1) is 23.5. The number of amides is 1. The molecular weight excluding hydrogens is 468 g/mol. The van der Waals surface area contributed by atoms with Crippen molar-refractivity contribution in [1.82, 2.24) is 19.2 Å². The van der Waals surface area contributed by atoms with Gasteiger partial charge < -0.3 is 14.7 Å². The third kappa shape index (κ3) is 4.45. The molecule has 35 heavy (non-hydrogen) atoms. The number of carbonyl (C=O) groups excluding carboxylic acids is 2. The van der Waals surface area contributed by atoms with Crippen LogP contribution in [0.25, 0.3) is 11.4 Å². The highest BCUT2D eigenvalue weighted by Crippen LogP contribution is 2.40. The summed E-state index contributed by atoms with van der Waals surface area (Å²) in [5.74, 6) is -1.56. The highest BCUT2D eigenvalue weighted by atomic mass is 35.5. The molecule has 2 fully saturated rings. The van der Waals surface area contributed by atoms with E-state index in [1.165, 1.54) is 0 Å². The summed E-state index contributed by atoms with van der Waals surface area (Å²) in [5.41, 5.74) is 2.34. The molecule has 182 valence electrons. The summed E-state index contributed by atoms with van der Waals surface area (Å²) in [6.07, 6.45) is 2.47. The Labute approximate surface area is 208 Å². The number of Topliss-reactive ketones (excluding diaryl/α,β-unsaturated/α-hetero) is 1. The zero-order valence-electron chi connectivity index (χ0n) is 19.5. The van der Waals surface area contributed by atoms with Crippen molar-refractivity contribution in [3.8, 4) is 0 Å². The molecule has 2 aliphatic rings. The molecule has 0 aliphatic carbocycles. The van der Waals surface area contributed by atoms with Crippen molar-refractivity contribution in [2.75, 3.05) is 39.4 Å². The number of imidazole rings is 1. The van der Waals surface area contributed by atoms with Crippen LogP contribution in [0.2, 0.25) is 5.02 Å². The van der Waals surface area contributed by atoms with Gasteiger partial charge in [0.2, 0.25) is 0 Å². The Bertz CT molecular complexity index is 1310. The normalized spacial score (nSPS) is 20.7.